The number of nitrogens with zero attached hydrogens (tertiary/aromatic N) is 3. The van der Waals surface area contributed by atoms with Crippen molar-refractivity contribution in [3.05, 3.63) is 83.5 Å². The summed E-state index contributed by atoms with van der Waals surface area (Å²) in [6, 6.07) is 17.0. The van der Waals surface area contributed by atoms with Gasteiger partial charge < -0.3 is 9.73 Å². The molecule has 1 N–H and O–H groups in total. The van der Waals surface area contributed by atoms with Crippen molar-refractivity contribution in [1.29, 1.82) is 0 Å². The average molecular weight is 457 g/mol. The summed E-state index contributed by atoms with van der Waals surface area (Å²) < 4.78 is 21.5. The third-order valence-electron chi connectivity index (χ3n) is 4.51. The van der Waals surface area contributed by atoms with Crippen LogP contribution in [0.1, 0.15) is 12.7 Å². The lowest BCUT2D eigenvalue weighted by atomic mass is 10.2. The lowest BCUT2D eigenvalue weighted by Gasteiger charge is -2.14. The third kappa shape index (κ3) is 4.65. The van der Waals surface area contributed by atoms with E-state index in [0.29, 0.717) is 27.3 Å². The first-order valence-corrected chi connectivity index (χ1v) is 10.7. The average Bonchev–Trinajstić information content (AvgIpc) is 3.43. The minimum absolute atomic E-state index is 0.205. The number of furan rings is 1. The maximum absolute atomic E-state index is 14.7. The van der Waals surface area contributed by atoms with Crippen LogP contribution in [-0.2, 0) is 11.3 Å². The molecular formula is C22H18ClFN4O2S. The number of halogens is 2. The van der Waals surface area contributed by atoms with Gasteiger partial charge in [-0.3, -0.25) is 9.36 Å². The van der Waals surface area contributed by atoms with Gasteiger partial charge in [0, 0.05) is 5.56 Å². The Morgan fingerprint density at radius 1 is 1.16 bits per heavy atom. The number of benzene rings is 2. The Labute approximate surface area is 187 Å². The van der Waals surface area contributed by atoms with Crippen molar-refractivity contribution in [1.82, 2.24) is 20.1 Å². The van der Waals surface area contributed by atoms with Crippen LogP contribution >= 0.6 is 23.4 Å². The summed E-state index contributed by atoms with van der Waals surface area (Å²) in [6.45, 7) is 2.03. The number of hydrogen-bond acceptors (Lipinski definition) is 5. The molecule has 2 aromatic heterocycles. The summed E-state index contributed by atoms with van der Waals surface area (Å²) in [7, 11) is 0. The lowest BCUT2D eigenvalue weighted by Crippen LogP contribution is -2.30. The fourth-order valence-electron chi connectivity index (χ4n) is 2.96. The van der Waals surface area contributed by atoms with Gasteiger partial charge in [0.1, 0.15) is 11.6 Å². The highest BCUT2D eigenvalue weighted by Gasteiger charge is 2.24. The standard InChI is InChI=1S/C22H18ClFN4O2S/c1-14(21(29)25-13-15-7-6-12-30-15)31-22-27-26-20(16-8-2-3-9-17(16)23)28(22)19-11-5-4-10-18(19)24/h2-12,14H,13H2,1H3,(H,25,29). The molecule has 0 radical (unpaired) electrons. The van der Waals surface area contributed by atoms with Gasteiger partial charge >= 0.3 is 0 Å². The van der Waals surface area contributed by atoms with Gasteiger partial charge in [-0.15, -0.1) is 10.2 Å². The molecule has 0 fully saturated rings. The molecular weight excluding hydrogens is 439 g/mol. The van der Waals surface area contributed by atoms with Crippen molar-refractivity contribution < 1.29 is 13.6 Å². The van der Waals surface area contributed by atoms with Gasteiger partial charge in [0.25, 0.3) is 0 Å². The van der Waals surface area contributed by atoms with Crippen LogP contribution in [0.25, 0.3) is 17.1 Å². The van der Waals surface area contributed by atoms with Crippen molar-refractivity contribution in [2.45, 2.75) is 23.9 Å². The van der Waals surface area contributed by atoms with E-state index >= 15 is 0 Å². The molecule has 0 aliphatic heterocycles. The van der Waals surface area contributed by atoms with E-state index in [1.54, 1.807) is 66.3 Å². The second kappa shape index (κ2) is 9.36. The quantitative estimate of drug-likeness (QED) is 0.391. The fraction of sp³-hybridized carbons (Fsp3) is 0.136. The molecule has 0 aliphatic carbocycles. The van der Waals surface area contributed by atoms with Crippen LogP contribution in [0.4, 0.5) is 4.39 Å². The zero-order chi connectivity index (χ0) is 21.8. The highest BCUT2D eigenvalue weighted by molar-refractivity contribution is 8.00. The van der Waals surface area contributed by atoms with Gasteiger partial charge in [0.05, 0.1) is 28.8 Å². The van der Waals surface area contributed by atoms with E-state index in [4.69, 9.17) is 16.0 Å². The number of aromatic nitrogens is 3. The zero-order valence-electron chi connectivity index (χ0n) is 16.5. The topological polar surface area (TPSA) is 73.0 Å². The van der Waals surface area contributed by atoms with Gasteiger partial charge in [0.15, 0.2) is 11.0 Å². The van der Waals surface area contributed by atoms with Crippen LogP contribution in [-0.4, -0.2) is 25.9 Å². The predicted molar refractivity (Wildman–Crippen MR) is 118 cm³/mol. The summed E-state index contributed by atoms with van der Waals surface area (Å²) >= 11 is 7.54. The monoisotopic (exact) mass is 456 g/mol. The smallest absolute Gasteiger partial charge is 0.233 e. The van der Waals surface area contributed by atoms with E-state index in [1.807, 2.05) is 6.07 Å². The maximum atomic E-state index is 14.7. The van der Waals surface area contributed by atoms with Crippen molar-refractivity contribution >= 4 is 29.3 Å². The van der Waals surface area contributed by atoms with E-state index in [0.717, 1.165) is 0 Å². The fourth-order valence-corrected chi connectivity index (χ4v) is 4.06. The van der Waals surface area contributed by atoms with Crippen LogP contribution in [0.2, 0.25) is 5.02 Å². The highest BCUT2D eigenvalue weighted by atomic mass is 35.5. The predicted octanol–water partition coefficient (Wildman–Crippen LogP) is 5.12. The van der Waals surface area contributed by atoms with E-state index in [2.05, 4.69) is 15.5 Å². The zero-order valence-corrected chi connectivity index (χ0v) is 18.0. The minimum Gasteiger partial charge on any atom is -0.467 e. The Hall–Kier alpha value is -3.10. The number of carbonyl (C=O) groups excluding carboxylic acids is 1. The first kappa shape index (κ1) is 21.1. The minimum atomic E-state index is -0.510. The molecule has 0 spiro atoms. The van der Waals surface area contributed by atoms with Crippen LogP contribution < -0.4 is 5.32 Å². The molecule has 158 valence electrons. The Balaban J connectivity index is 1.65. The van der Waals surface area contributed by atoms with Gasteiger partial charge in [-0.25, -0.2) is 4.39 Å². The number of nitrogens with one attached hydrogen (secondary N) is 1. The molecule has 0 aliphatic rings. The van der Waals surface area contributed by atoms with E-state index in [-0.39, 0.29) is 18.1 Å². The van der Waals surface area contributed by atoms with Crippen molar-refractivity contribution in [2.75, 3.05) is 0 Å². The number of rotatable bonds is 7. The Kier molecular flexibility index (Phi) is 6.39. The largest absolute Gasteiger partial charge is 0.467 e. The van der Waals surface area contributed by atoms with Gasteiger partial charge in [-0.2, -0.15) is 0 Å². The molecule has 4 rings (SSSR count). The SMILES string of the molecule is CC(Sc1nnc(-c2ccccc2Cl)n1-c1ccccc1F)C(=O)NCc1ccco1. The summed E-state index contributed by atoms with van der Waals surface area (Å²) in [6.07, 6.45) is 1.55. The van der Waals surface area contributed by atoms with Gasteiger partial charge in [-0.05, 0) is 43.3 Å². The summed E-state index contributed by atoms with van der Waals surface area (Å²) in [4.78, 5) is 12.6. The number of para-hydroxylation sites is 1. The molecule has 1 atom stereocenters. The summed E-state index contributed by atoms with van der Waals surface area (Å²) in [5, 5.41) is 11.6. The van der Waals surface area contributed by atoms with Crippen LogP contribution in [0.5, 0.6) is 0 Å². The van der Waals surface area contributed by atoms with Crippen LogP contribution in [0.15, 0.2) is 76.5 Å². The first-order chi connectivity index (χ1) is 15.0. The number of amides is 1. The van der Waals surface area contributed by atoms with E-state index in [9.17, 15) is 9.18 Å². The molecule has 1 unspecified atom stereocenters. The Morgan fingerprint density at radius 3 is 2.68 bits per heavy atom. The molecule has 2 aromatic carbocycles. The van der Waals surface area contributed by atoms with E-state index < -0.39 is 11.1 Å². The molecule has 4 aromatic rings. The molecule has 31 heavy (non-hydrogen) atoms. The molecule has 0 saturated carbocycles. The van der Waals surface area contributed by atoms with E-state index in [1.165, 1.54) is 17.8 Å². The highest BCUT2D eigenvalue weighted by Crippen LogP contribution is 2.33. The Morgan fingerprint density at radius 2 is 1.94 bits per heavy atom. The maximum Gasteiger partial charge on any atom is 0.233 e. The first-order valence-electron chi connectivity index (χ1n) is 9.46. The third-order valence-corrected chi connectivity index (χ3v) is 5.88. The van der Waals surface area contributed by atoms with Crippen molar-refractivity contribution in [2.24, 2.45) is 0 Å². The van der Waals surface area contributed by atoms with Gasteiger partial charge in [-0.1, -0.05) is 47.6 Å². The Bertz CT molecular complexity index is 1200. The number of hydrogen-bond donors (Lipinski definition) is 1. The second-order valence-corrected chi connectivity index (χ2v) is 8.35. The number of thioether (sulfide) groups is 1. The molecule has 0 bridgehead atoms. The summed E-state index contributed by atoms with van der Waals surface area (Å²) in [5.41, 5.74) is 0.884. The second-order valence-electron chi connectivity index (χ2n) is 6.63. The molecule has 6 nitrogen and oxygen atoms in total. The van der Waals surface area contributed by atoms with Crippen LogP contribution in [0.3, 0.4) is 0 Å². The van der Waals surface area contributed by atoms with Crippen molar-refractivity contribution in [3.63, 3.8) is 0 Å². The number of carbonyl (C=O) groups is 1. The molecule has 1 amide bonds. The molecule has 9 heteroatoms. The van der Waals surface area contributed by atoms with Gasteiger partial charge in [0.2, 0.25) is 5.91 Å². The molecule has 2 heterocycles. The molecule has 0 saturated heterocycles. The summed E-state index contributed by atoms with van der Waals surface area (Å²) in [5.74, 6) is 0.402. The lowest BCUT2D eigenvalue weighted by molar-refractivity contribution is -0.120. The normalized spacial score (nSPS) is 12.0. The van der Waals surface area contributed by atoms with Crippen LogP contribution in [0, 0.1) is 5.82 Å². The van der Waals surface area contributed by atoms with Crippen molar-refractivity contribution in [3.8, 4) is 17.1 Å².